The number of ether oxygens (including phenoxy) is 1. The van der Waals surface area contributed by atoms with E-state index in [2.05, 4.69) is 11.8 Å². The van der Waals surface area contributed by atoms with Crippen molar-refractivity contribution < 1.29 is 18.0 Å². The number of unbranched alkanes of at least 4 members (excludes halogenated alkanes) is 1. The van der Waals surface area contributed by atoms with Crippen molar-refractivity contribution >= 4 is 19.7 Å². The molecule has 0 fully saturated rings. The van der Waals surface area contributed by atoms with Crippen LogP contribution >= 0.6 is 10.7 Å². The minimum Gasteiger partial charge on any atom is -0.488 e. The van der Waals surface area contributed by atoms with Crippen molar-refractivity contribution in [2.45, 2.75) is 43.6 Å². The Balaban J connectivity index is 0.000000422. The third-order valence-corrected chi connectivity index (χ3v) is 4.54. The van der Waals surface area contributed by atoms with Gasteiger partial charge < -0.3 is 15.3 Å². The minimum atomic E-state index is -3.73. The molecule has 0 radical (unpaired) electrons. The highest BCUT2D eigenvalue weighted by Crippen LogP contribution is 2.31. The number of hydrogen-bond acceptors (Lipinski definition) is 6. The maximum atomic E-state index is 11.2. The Morgan fingerprint density at radius 2 is 2.18 bits per heavy atom. The summed E-state index contributed by atoms with van der Waals surface area (Å²) in [6.45, 7) is 3.25. The van der Waals surface area contributed by atoms with Crippen LogP contribution < -0.4 is 16.4 Å². The second-order valence-corrected chi connectivity index (χ2v) is 7.53. The summed E-state index contributed by atoms with van der Waals surface area (Å²) in [5.41, 5.74) is 6.10. The van der Waals surface area contributed by atoms with Crippen LogP contribution in [0.3, 0.4) is 0 Å². The molecule has 0 aromatic heterocycles. The third kappa shape index (κ3) is 6.10. The number of nitrogens with two attached hydrogens (primary N) is 2. The van der Waals surface area contributed by atoms with E-state index in [1.54, 1.807) is 6.07 Å². The second kappa shape index (κ2) is 9.32. The van der Waals surface area contributed by atoms with Crippen LogP contribution in [-0.4, -0.2) is 27.7 Å². The Morgan fingerprint density at radius 1 is 1.45 bits per heavy atom. The molecule has 22 heavy (non-hydrogen) atoms. The molecule has 1 aliphatic rings. The van der Waals surface area contributed by atoms with Gasteiger partial charge in [-0.15, -0.1) is 0 Å². The van der Waals surface area contributed by atoms with E-state index >= 15 is 0 Å². The Bertz CT molecular complexity index is 564. The number of rotatable bonds is 5. The van der Waals surface area contributed by atoms with E-state index in [4.69, 9.17) is 27.0 Å². The van der Waals surface area contributed by atoms with Crippen LogP contribution in [0.15, 0.2) is 23.1 Å². The number of halogens is 1. The van der Waals surface area contributed by atoms with Gasteiger partial charge in [0.05, 0.1) is 4.90 Å². The van der Waals surface area contributed by atoms with Crippen molar-refractivity contribution in [3.8, 4) is 5.75 Å². The highest BCUT2D eigenvalue weighted by Gasteiger charge is 2.22. The van der Waals surface area contributed by atoms with Gasteiger partial charge in [0.2, 0.25) is 0 Å². The zero-order chi connectivity index (χ0) is 16.6. The molecule has 0 aliphatic carbocycles. The number of benzene rings is 1. The lowest BCUT2D eigenvalue weighted by atomic mass is 10.0. The summed E-state index contributed by atoms with van der Waals surface area (Å²) in [5.74, 6) is 5.51. The van der Waals surface area contributed by atoms with Gasteiger partial charge in [-0.3, -0.25) is 0 Å². The molecule has 8 heteroatoms. The lowest BCUT2D eigenvalue weighted by Gasteiger charge is -2.25. The van der Waals surface area contributed by atoms with Gasteiger partial charge in [0, 0.05) is 16.7 Å². The molecule has 126 valence electrons. The van der Waals surface area contributed by atoms with Gasteiger partial charge >= 0.3 is 0 Å². The van der Waals surface area contributed by atoms with Crippen LogP contribution in [-0.2, 0) is 20.3 Å². The fourth-order valence-corrected chi connectivity index (χ4v) is 2.75. The standard InChI is InChI=1S/C10H12ClNO4S.C4H11N/c11-17(13,14)9-4-2-7-1-3-8(6-15-12)16-10(7)5-9;1-2-3-4-5/h2,4-5,8H,1,3,6,12H2;2-5H2,1H3. The van der Waals surface area contributed by atoms with Crippen molar-refractivity contribution in [2.24, 2.45) is 11.6 Å². The molecule has 0 saturated carbocycles. The fourth-order valence-electron chi connectivity index (χ4n) is 1.99. The molecule has 1 unspecified atom stereocenters. The van der Waals surface area contributed by atoms with Gasteiger partial charge in [-0.05, 0) is 37.4 Å². The van der Waals surface area contributed by atoms with Crippen molar-refractivity contribution in [1.82, 2.24) is 0 Å². The van der Waals surface area contributed by atoms with Gasteiger partial charge in [-0.2, -0.15) is 0 Å². The van der Waals surface area contributed by atoms with Crippen LogP contribution in [0.4, 0.5) is 0 Å². The van der Waals surface area contributed by atoms with Crippen LogP contribution in [0, 0.1) is 0 Å². The predicted molar refractivity (Wildman–Crippen MR) is 86.3 cm³/mol. The van der Waals surface area contributed by atoms with Crippen molar-refractivity contribution in [3.63, 3.8) is 0 Å². The van der Waals surface area contributed by atoms with E-state index in [0.29, 0.717) is 5.75 Å². The SMILES string of the molecule is CCCCN.NOCC1CCc2ccc(S(=O)(=O)Cl)cc2O1. The summed E-state index contributed by atoms with van der Waals surface area (Å²) in [7, 11) is 1.54. The molecule has 1 aromatic carbocycles. The largest absolute Gasteiger partial charge is 0.488 e. The van der Waals surface area contributed by atoms with Crippen LogP contribution in [0.1, 0.15) is 31.7 Å². The van der Waals surface area contributed by atoms with Gasteiger partial charge in [0.15, 0.2) is 0 Å². The Kier molecular flexibility index (Phi) is 8.13. The van der Waals surface area contributed by atoms with Crippen LogP contribution in [0.25, 0.3) is 0 Å². The van der Waals surface area contributed by atoms with E-state index < -0.39 is 9.05 Å². The zero-order valence-corrected chi connectivity index (χ0v) is 14.2. The first-order chi connectivity index (χ1) is 10.4. The van der Waals surface area contributed by atoms with Crippen molar-refractivity contribution in [2.75, 3.05) is 13.2 Å². The minimum absolute atomic E-state index is 0.0345. The van der Waals surface area contributed by atoms with Gasteiger partial charge in [0.1, 0.15) is 18.5 Å². The smallest absolute Gasteiger partial charge is 0.261 e. The summed E-state index contributed by atoms with van der Waals surface area (Å²) in [6, 6.07) is 4.62. The Morgan fingerprint density at radius 3 is 2.68 bits per heavy atom. The first-order valence-electron chi connectivity index (χ1n) is 7.18. The molecule has 0 spiro atoms. The molecular weight excluding hydrogens is 328 g/mol. The normalized spacial score (nSPS) is 17.0. The molecule has 0 amide bonds. The Labute approximate surface area is 136 Å². The van der Waals surface area contributed by atoms with E-state index in [0.717, 1.165) is 24.9 Å². The second-order valence-electron chi connectivity index (χ2n) is 4.96. The highest BCUT2D eigenvalue weighted by atomic mass is 35.7. The van der Waals surface area contributed by atoms with Crippen molar-refractivity contribution in [1.29, 1.82) is 0 Å². The molecule has 2 rings (SSSR count). The lowest BCUT2D eigenvalue weighted by Crippen LogP contribution is -2.29. The van der Waals surface area contributed by atoms with Gasteiger partial charge in [-0.25, -0.2) is 14.3 Å². The van der Waals surface area contributed by atoms with E-state index in [-0.39, 0.29) is 17.6 Å². The fraction of sp³-hybridized carbons (Fsp3) is 0.571. The molecule has 1 aliphatic heterocycles. The zero-order valence-electron chi connectivity index (χ0n) is 12.6. The van der Waals surface area contributed by atoms with E-state index in [9.17, 15) is 8.42 Å². The molecular formula is C14H23ClN2O4S. The third-order valence-electron chi connectivity index (χ3n) is 3.19. The summed E-state index contributed by atoms with van der Waals surface area (Å²) in [4.78, 5) is 4.56. The topological polar surface area (TPSA) is 105 Å². The van der Waals surface area contributed by atoms with Crippen molar-refractivity contribution in [3.05, 3.63) is 23.8 Å². The number of aryl methyl sites for hydroxylation is 1. The van der Waals surface area contributed by atoms with Crippen LogP contribution in [0.5, 0.6) is 5.75 Å². The van der Waals surface area contributed by atoms with E-state index in [1.807, 2.05) is 0 Å². The molecule has 1 atom stereocenters. The maximum Gasteiger partial charge on any atom is 0.261 e. The predicted octanol–water partition coefficient (Wildman–Crippen LogP) is 1.94. The molecule has 0 saturated heterocycles. The number of fused-ring (bicyclic) bond motifs is 1. The molecule has 1 aromatic rings. The summed E-state index contributed by atoms with van der Waals surface area (Å²) in [6.07, 6.45) is 3.82. The molecule has 4 N–H and O–H groups in total. The van der Waals surface area contributed by atoms with Gasteiger partial charge in [-0.1, -0.05) is 19.4 Å². The van der Waals surface area contributed by atoms with E-state index in [1.165, 1.54) is 25.0 Å². The summed E-state index contributed by atoms with van der Waals surface area (Å²) < 4.78 is 28.0. The first-order valence-corrected chi connectivity index (χ1v) is 9.49. The van der Waals surface area contributed by atoms with Gasteiger partial charge in [0.25, 0.3) is 9.05 Å². The maximum absolute atomic E-state index is 11.2. The average molecular weight is 351 g/mol. The lowest BCUT2D eigenvalue weighted by molar-refractivity contribution is 0.0396. The molecule has 6 nitrogen and oxygen atoms in total. The average Bonchev–Trinajstić information content (AvgIpc) is 2.47. The molecule has 0 bridgehead atoms. The first kappa shape index (κ1) is 19.2. The quantitative estimate of drug-likeness (QED) is 0.621. The molecule has 1 heterocycles. The summed E-state index contributed by atoms with van der Waals surface area (Å²) >= 11 is 0. The summed E-state index contributed by atoms with van der Waals surface area (Å²) in [5, 5.41) is 0. The monoisotopic (exact) mass is 350 g/mol. The van der Waals surface area contributed by atoms with Crippen LogP contribution in [0.2, 0.25) is 0 Å². The number of hydrogen-bond donors (Lipinski definition) is 2. The Hall–Kier alpha value is -0.860. The highest BCUT2D eigenvalue weighted by molar-refractivity contribution is 8.13.